The Morgan fingerprint density at radius 3 is 2.85 bits per heavy atom. The predicted molar refractivity (Wildman–Crippen MR) is 100.0 cm³/mol. The zero-order chi connectivity index (χ0) is 17.9. The highest BCUT2D eigenvalue weighted by Crippen LogP contribution is 2.34. The van der Waals surface area contributed by atoms with Crippen molar-refractivity contribution in [2.75, 3.05) is 19.0 Å². The number of hydrogen-bond donors (Lipinski definition) is 1. The van der Waals surface area contributed by atoms with Crippen molar-refractivity contribution in [3.05, 3.63) is 42.1 Å². The molecule has 1 aliphatic carbocycles. The van der Waals surface area contributed by atoms with E-state index in [2.05, 4.69) is 15.4 Å². The van der Waals surface area contributed by atoms with Gasteiger partial charge in [-0.05, 0) is 25.0 Å². The minimum Gasteiger partial charge on any atom is -0.382 e. The maximum absolute atomic E-state index is 5.41. The summed E-state index contributed by atoms with van der Waals surface area (Å²) >= 11 is 0. The number of ether oxygens (including phenoxy) is 1. The van der Waals surface area contributed by atoms with Gasteiger partial charge in [-0.3, -0.25) is 9.67 Å². The van der Waals surface area contributed by atoms with Crippen molar-refractivity contribution in [3.63, 3.8) is 0 Å². The molecule has 0 radical (unpaired) electrons. The van der Waals surface area contributed by atoms with Gasteiger partial charge in [-0.2, -0.15) is 5.10 Å². The zero-order valence-electron chi connectivity index (χ0n) is 15.2. The van der Waals surface area contributed by atoms with E-state index in [0.717, 1.165) is 41.2 Å². The van der Waals surface area contributed by atoms with Gasteiger partial charge in [0.15, 0.2) is 5.65 Å². The normalized spacial score (nSPS) is 16.2. The van der Waals surface area contributed by atoms with E-state index in [1.54, 1.807) is 13.3 Å². The number of nitrogens with zero attached hydrogens (tertiary/aromatic N) is 5. The van der Waals surface area contributed by atoms with Gasteiger partial charge in [-0.15, -0.1) is 0 Å². The molecular weight excluding hydrogens is 328 g/mol. The van der Waals surface area contributed by atoms with Crippen LogP contribution >= 0.6 is 0 Å². The van der Waals surface area contributed by atoms with Crippen LogP contribution in [0.25, 0.3) is 11.0 Å². The first-order chi connectivity index (χ1) is 12.8. The number of aromatic nitrogens is 5. The van der Waals surface area contributed by atoms with E-state index < -0.39 is 0 Å². The van der Waals surface area contributed by atoms with E-state index in [0.29, 0.717) is 12.5 Å². The number of nitrogens with one attached hydrogen (secondary N) is 1. The number of methoxy groups -OCH3 is 1. The summed E-state index contributed by atoms with van der Waals surface area (Å²) in [6.45, 7) is 0.502. The highest BCUT2D eigenvalue weighted by atomic mass is 16.5. The number of pyridine rings is 1. The molecule has 0 spiro atoms. The predicted octanol–water partition coefficient (Wildman–Crippen LogP) is 3.22. The molecule has 0 aliphatic heterocycles. The third-order valence-electron chi connectivity index (χ3n) is 5.02. The second-order valence-corrected chi connectivity index (χ2v) is 6.82. The van der Waals surface area contributed by atoms with E-state index in [1.807, 2.05) is 36.1 Å². The monoisotopic (exact) mass is 352 g/mol. The number of rotatable bonds is 6. The molecule has 0 unspecified atom stereocenters. The summed E-state index contributed by atoms with van der Waals surface area (Å²) in [7, 11) is 3.62. The summed E-state index contributed by atoms with van der Waals surface area (Å²) in [5.74, 6) is 2.15. The van der Waals surface area contributed by atoms with Crippen LogP contribution in [0.1, 0.15) is 49.2 Å². The maximum atomic E-state index is 5.41. The molecule has 1 atom stereocenters. The third-order valence-corrected chi connectivity index (χ3v) is 5.02. The molecule has 1 saturated carbocycles. The van der Waals surface area contributed by atoms with E-state index in [4.69, 9.17) is 14.7 Å². The Kier molecular flexibility index (Phi) is 4.79. The van der Waals surface area contributed by atoms with Gasteiger partial charge in [-0.1, -0.05) is 18.9 Å². The van der Waals surface area contributed by atoms with Crippen molar-refractivity contribution in [1.29, 1.82) is 0 Å². The number of aryl methyl sites for hydroxylation is 1. The Hall–Kier alpha value is -2.54. The van der Waals surface area contributed by atoms with Crippen LogP contribution < -0.4 is 5.32 Å². The van der Waals surface area contributed by atoms with Crippen molar-refractivity contribution in [3.8, 4) is 0 Å². The smallest absolute Gasteiger partial charge is 0.163 e. The molecule has 1 N–H and O–H groups in total. The Balaban J connectivity index is 1.74. The van der Waals surface area contributed by atoms with Gasteiger partial charge >= 0.3 is 0 Å². The van der Waals surface area contributed by atoms with E-state index in [-0.39, 0.29) is 6.04 Å². The lowest BCUT2D eigenvalue weighted by Gasteiger charge is -2.19. The molecule has 1 aliphatic rings. The van der Waals surface area contributed by atoms with Gasteiger partial charge in [0.05, 0.1) is 29.9 Å². The molecule has 7 nitrogen and oxygen atoms in total. The third kappa shape index (κ3) is 3.26. The van der Waals surface area contributed by atoms with E-state index in [9.17, 15) is 0 Å². The van der Waals surface area contributed by atoms with Gasteiger partial charge in [0.1, 0.15) is 11.6 Å². The van der Waals surface area contributed by atoms with Crippen molar-refractivity contribution >= 4 is 16.9 Å². The summed E-state index contributed by atoms with van der Waals surface area (Å²) in [4.78, 5) is 14.2. The van der Waals surface area contributed by atoms with Crippen molar-refractivity contribution in [1.82, 2.24) is 24.7 Å². The van der Waals surface area contributed by atoms with Crippen LogP contribution in [0.15, 0.2) is 30.6 Å². The Bertz CT molecular complexity index is 872. The zero-order valence-corrected chi connectivity index (χ0v) is 15.2. The average molecular weight is 352 g/mol. The number of anilines is 1. The summed E-state index contributed by atoms with van der Waals surface area (Å²) in [6, 6.07) is 5.80. The molecule has 3 heterocycles. The number of hydrogen-bond acceptors (Lipinski definition) is 6. The van der Waals surface area contributed by atoms with Crippen molar-refractivity contribution < 1.29 is 4.74 Å². The molecule has 0 aromatic carbocycles. The lowest BCUT2D eigenvalue weighted by atomic mass is 10.1. The van der Waals surface area contributed by atoms with Gasteiger partial charge in [-0.25, -0.2) is 9.97 Å². The molecule has 1 fully saturated rings. The SMILES string of the molecule is COC[C@H](Nc1nc(C2CCCC2)nc2c1cnn2C)c1ccccn1. The minimum absolute atomic E-state index is 0.0871. The molecule has 0 amide bonds. The lowest BCUT2D eigenvalue weighted by molar-refractivity contribution is 0.185. The molecule has 7 heteroatoms. The average Bonchev–Trinajstić information content (AvgIpc) is 3.33. The molecule has 0 bridgehead atoms. The standard InChI is InChI=1S/C19H24N6O/c1-25-19-14(11-21-25)18(23-17(24-19)13-7-3-4-8-13)22-16(12-26-2)15-9-5-6-10-20-15/h5-6,9-11,13,16H,3-4,7-8,12H2,1-2H3,(H,22,23,24)/t16-/m0/s1. The van der Waals surface area contributed by atoms with Gasteiger partial charge in [0.2, 0.25) is 0 Å². The fourth-order valence-corrected chi connectivity index (χ4v) is 3.63. The molecule has 3 aromatic rings. The van der Waals surface area contributed by atoms with Crippen LogP contribution in [0, 0.1) is 0 Å². The first-order valence-corrected chi connectivity index (χ1v) is 9.12. The highest BCUT2D eigenvalue weighted by molar-refractivity contribution is 5.86. The van der Waals surface area contributed by atoms with Gasteiger partial charge in [0.25, 0.3) is 0 Å². The van der Waals surface area contributed by atoms with Crippen LogP contribution in [0.2, 0.25) is 0 Å². The Labute approximate surface area is 152 Å². The lowest BCUT2D eigenvalue weighted by Crippen LogP contribution is -2.19. The quantitative estimate of drug-likeness (QED) is 0.734. The molecule has 0 saturated heterocycles. The Morgan fingerprint density at radius 2 is 2.12 bits per heavy atom. The molecular formula is C19H24N6O. The van der Waals surface area contributed by atoms with Crippen LogP contribution in [0.3, 0.4) is 0 Å². The van der Waals surface area contributed by atoms with Crippen molar-refractivity contribution in [2.45, 2.75) is 37.6 Å². The van der Waals surface area contributed by atoms with Crippen LogP contribution in [-0.4, -0.2) is 38.4 Å². The highest BCUT2D eigenvalue weighted by Gasteiger charge is 2.23. The fourth-order valence-electron chi connectivity index (χ4n) is 3.63. The molecule has 3 aromatic heterocycles. The first-order valence-electron chi connectivity index (χ1n) is 9.12. The topological polar surface area (TPSA) is 77.8 Å². The van der Waals surface area contributed by atoms with E-state index >= 15 is 0 Å². The summed E-state index contributed by atoms with van der Waals surface area (Å²) in [5.41, 5.74) is 1.79. The number of fused-ring (bicyclic) bond motifs is 1. The second kappa shape index (κ2) is 7.37. The van der Waals surface area contributed by atoms with E-state index in [1.165, 1.54) is 12.8 Å². The summed E-state index contributed by atoms with van der Waals surface area (Å²) in [6.07, 6.45) is 8.43. The fraction of sp³-hybridized carbons (Fsp3) is 0.474. The van der Waals surface area contributed by atoms with Crippen LogP contribution in [0.5, 0.6) is 0 Å². The molecule has 26 heavy (non-hydrogen) atoms. The van der Waals surface area contributed by atoms with Crippen LogP contribution in [0.4, 0.5) is 5.82 Å². The summed E-state index contributed by atoms with van der Waals surface area (Å²) in [5, 5.41) is 8.82. The van der Waals surface area contributed by atoms with Crippen LogP contribution in [-0.2, 0) is 11.8 Å². The maximum Gasteiger partial charge on any atom is 0.163 e. The summed E-state index contributed by atoms with van der Waals surface area (Å²) < 4.78 is 7.22. The second-order valence-electron chi connectivity index (χ2n) is 6.82. The Morgan fingerprint density at radius 1 is 1.27 bits per heavy atom. The van der Waals surface area contributed by atoms with Gasteiger partial charge < -0.3 is 10.1 Å². The molecule has 4 rings (SSSR count). The largest absolute Gasteiger partial charge is 0.382 e. The van der Waals surface area contributed by atoms with Crippen molar-refractivity contribution in [2.24, 2.45) is 7.05 Å². The minimum atomic E-state index is -0.0871. The molecule has 136 valence electrons. The van der Waals surface area contributed by atoms with Gasteiger partial charge in [0, 0.05) is 26.3 Å². The first kappa shape index (κ1) is 16.9.